The SMILES string of the molecule is Cc1ccc(S(=O)(=O)N2CCN(S(=O)(=O)c3cccc([N+](=O)[O-])c3)CC2)cc1. The van der Waals surface area contributed by atoms with Gasteiger partial charge in [0, 0.05) is 38.3 Å². The minimum Gasteiger partial charge on any atom is -0.258 e. The van der Waals surface area contributed by atoms with Crippen LogP contribution in [-0.4, -0.2) is 56.5 Å². The van der Waals surface area contributed by atoms with Crippen LogP contribution < -0.4 is 0 Å². The lowest BCUT2D eigenvalue weighted by Gasteiger charge is -2.33. The number of rotatable bonds is 5. The first-order valence-corrected chi connectivity index (χ1v) is 11.3. The van der Waals surface area contributed by atoms with Crippen molar-refractivity contribution in [2.75, 3.05) is 26.2 Å². The Morgan fingerprint density at radius 1 is 0.821 bits per heavy atom. The van der Waals surface area contributed by atoms with Crippen LogP contribution in [0.5, 0.6) is 0 Å². The Morgan fingerprint density at radius 3 is 1.82 bits per heavy atom. The van der Waals surface area contributed by atoms with E-state index in [-0.39, 0.29) is 41.7 Å². The lowest BCUT2D eigenvalue weighted by Crippen LogP contribution is -2.50. The molecule has 0 saturated carbocycles. The van der Waals surface area contributed by atoms with Crippen LogP contribution >= 0.6 is 0 Å². The van der Waals surface area contributed by atoms with Crippen LogP contribution in [0.4, 0.5) is 5.69 Å². The maximum atomic E-state index is 12.8. The summed E-state index contributed by atoms with van der Waals surface area (Å²) >= 11 is 0. The molecule has 0 amide bonds. The molecule has 0 atom stereocenters. The lowest BCUT2D eigenvalue weighted by molar-refractivity contribution is -0.385. The molecule has 1 aliphatic heterocycles. The Morgan fingerprint density at radius 2 is 1.32 bits per heavy atom. The van der Waals surface area contributed by atoms with Crippen molar-refractivity contribution in [2.24, 2.45) is 0 Å². The number of piperazine rings is 1. The third kappa shape index (κ3) is 3.92. The van der Waals surface area contributed by atoms with Gasteiger partial charge in [-0.1, -0.05) is 23.8 Å². The van der Waals surface area contributed by atoms with Crippen molar-refractivity contribution in [3.8, 4) is 0 Å². The van der Waals surface area contributed by atoms with Crippen LogP contribution in [0.3, 0.4) is 0 Å². The quantitative estimate of drug-likeness (QED) is 0.530. The monoisotopic (exact) mass is 425 g/mol. The largest absolute Gasteiger partial charge is 0.270 e. The van der Waals surface area contributed by atoms with Crippen LogP contribution in [0, 0.1) is 17.0 Å². The summed E-state index contributed by atoms with van der Waals surface area (Å²) in [6.07, 6.45) is 0. The molecule has 0 unspecified atom stereocenters. The molecule has 9 nitrogen and oxygen atoms in total. The van der Waals surface area contributed by atoms with Gasteiger partial charge in [-0.2, -0.15) is 8.61 Å². The van der Waals surface area contributed by atoms with Gasteiger partial charge < -0.3 is 0 Å². The third-order valence-corrected chi connectivity index (χ3v) is 8.33. The van der Waals surface area contributed by atoms with E-state index >= 15 is 0 Å². The molecule has 0 aliphatic carbocycles. The fourth-order valence-electron chi connectivity index (χ4n) is 2.92. The summed E-state index contributed by atoms with van der Waals surface area (Å²) in [6, 6.07) is 11.3. The Bertz CT molecular complexity index is 1090. The predicted octanol–water partition coefficient (Wildman–Crippen LogP) is 1.60. The summed E-state index contributed by atoms with van der Waals surface area (Å²) in [4.78, 5) is 10.2. The Balaban J connectivity index is 1.77. The molecule has 1 heterocycles. The summed E-state index contributed by atoms with van der Waals surface area (Å²) in [5.41, 5.74) is 0.619. The highest BCUT2D eigenvalue weighted by molar-refractivity contribution is 7.89. The molecule has 0 bridgehead atoms. The average Bonchev–Trinajstić information content (AvgIpc) is 2.68. The van der Waals surface area contributed by atoms with Crippen LogP contribution in [-0.2, 0) is 20.0 Å². The molecule has 0 aromatic heterocycles. The highest BCUT2D eigenvalue weighted by Crippen LogP contribution is 2.24. The number of hydrogen-bond donors (Lipinski definition) is 0. The van der Waals surface area contributed by atoms with Crippen LogP contribution in [0.2, 0.25) is 0 Å². The molecule has 28 heavy (non-hydrogen) atoms. The predicted molar refractivity (Wildman–Crippen MR) is 102 cm³/mol. The van der Waals surface area contributed by atoms with Crippen molar-refractivity contribution in [1.82, 2.24) is 8.61 Å². The van der Waals surface area contributed by atoms with Crippen molar-refractivity contribution in [2.45, 2.75) is 16.7 Å². The molecular formula is C17H19N3O6S2. The molecule has 1 aliphatic rings. The van der Waals surface area contributed by atoms with E-state index in [9.17, 15) is 26.9 Å². The second-order valence-electron chi connectivity index (χ2n) is 6.38. The number of nitrogens with zero attached hydrogens (tertiary/aromatic N) is 3. The van der Waals surface area contributed by atoms with E-state index in [1.807, 2.05) is 6.92 Å². The zero-order valence-corrected chi connectivity index (χ0v) is 16.7. The van der Waals surface area contributed by atoms with Gasteiger partial charge in [-0.15, -0.1) is 0 Å². The molecule has 0 radical (unpaired) electrons. The Kier molecular flexibility index (Phi) is 5.53. The van der Waals surface area contributed by atoms with Gasteiger partial charge >= 0.3 is 0 Å². The van der Waals surface area contributed by atoms with E-state index in [0.29, 0.717) is 0 Å². The Labute approximate surface area is 163 Å². The van der Waals surface area contributed by atoms with Crippen molar-refractivity contribution in [1.29, 1.82) is 0 Å². The number of nitro groups is 1. The smallest absolute Gasteiger partial charge is 0.258 e. The zero-order valence-electron chi connectivity index (χ0n) is 15.1. The topological polar surface area (TPSA) is 118 Å². The van der Waals surface area contributed by atoms with E-state index in [4.69, 9.17) is 0 Å². The van der Waals surface area contributed by atoms with Gasteiger partial charge in [0.1, 0.15) is 0 Å². The summed E-state index contributed by atoms with van der Waals surface area (Å²) in [7, 11) is -7.66. The minimum absolute atomic E-state index is 0.00433. The van der Waals surface area contributed by atoms with Gasteiger partial charge in [-0.05, 0) is 25.1 Å². The molecule has 2 aromatic carbocycles. The fraction of sp³-hybridized carbons (Fsp3) is 0.294. The van der Waals surface area contributed by atoms with Crippen molar-refractivity contribution < 1.29 is 21.8 Å². The highest BCUT2D eigenvalue weighted by Gasteiger charge is 2.34. The minimum atomic E-state index is -3.95. The second kappa shape index (κ2) is 7.59. The van der Waals surface area contributed by atoms with Crippen molar-refractivity contribution in [3.05, 3.63) is 64.2 Å². The van der Waals surface area contributed by atoms with Gasteiger partial charge in [0.15, 0.2) is 0 Å². The highest BCUT2D eigenvalue weighted by atomic mass is 32.2. The van der Waals surface area contributed by atoms with Crippen LogP contribution in [0.25, 0.3) is 0 Å². The first-order valence-electron chi connectivity index (χ1n) is 8.44. The number of hydrogen-bond acceptors (Lipinski definition) is 6. The summed E-state index contributed by atoms with van der Waals surface area (Å²) in [5, 5.41) is 10.9. The summed E-state index contributed by atoms with van der Waals surface area (Å²) < 4.78 is 53.4. The number of benzene rings is 2. The maximum Gasteiger partial charge on any atom is 0.270 e. The molecule has 11 heteroatoms. The van der Waals surface area contributed by atoms with E-state index in [2.05, 4.69) is 0 Å². The average molecular weight is 425 g/mol. The second-order valence-corrected chi connectivity index (χ2v) is 10.3. The van der Waals surface area contributed by atoms with Gasteiger partial charge in [0.2, 0.25) is 20.0 Å². The molecule has 3 rings (SSSR count). The van der Waals surface area contributed by atoms with Crippen molar-refractivity contribution >= 4 is 25.7 Å². The van der Waals surface area contributed by atoms with Gasteiger partial charge in [-0.3, -0.25) is 10.1 Å². The fourth-order valence-corrected chi connectivity index (χ4v) is 5.80. The normalized spacial score (nSPS) is 16.8. The zero-order chi connectivity index (χ0) is 20.5. The molecule has 0 spiro atoms. The molecular weight excluding hydrogens is 406 g/mol. The number of non-ortho nitro benzene ring substituents is 1. The maximum absolute atomic E-state index is 12.8. The molecule has 150 valence electrons. The molecule has 2 aromatic rings. The molecule has 1 fully saturated rings. The standard InChI is InChI=1S/C17H19N3O6S2/c1-14-5-7-16(8-6-14)27(23,24)18-9-11-19(12-10-18)28(25,26)17-4-2-3-15(13-17)20(21)22/h2-8,13H,9-12H2,1H3. The number of sulfonamides is 2. The van der Waals surface area contributed by atoms with Gasteiger partial charge in [0.25, 0.3) is 5.69 Å². The first kappa shape index (κ1) is 20.4. The summed E-state index contributed by atoms with van der Waals surface area (Å²) in [6.45, 7) is 1.80. The van der Waals surface area contributed by atoms with Crippen LogP contribution in [0.1, 0.15) is 5.56 Å². The van der Waals surface area contributed by atoms with Gasteiger partial charge in [0.05, 0.1) is 14.7 Å². The molecule has 0 N–H and O–H groups in total. The molecule has 1 saturated heterocycles. The van der Waals surface area contributed by atoms with E-state index in [1.165, 1.54) is 34.6 Å². The number of nitro benzene ring substituents is 1. The third-order valence-electron chi connectivity index (χ3n) is 4.52. The Hall–Kier alpha value is -2.34. The van der Waals surface area contributed by atoms with Crippen molar-refractivity contribution in [3.63, 3.8) is 0 Å². The van der Waals surface area contributed by atoms with E-state index in [1.54, 1.807) is 12.1 Å². The first-order chi connectivity index (χ1) is 13.1. The van der Waals surface area contributed by atoms with Crippen LogP contribution in [0.15, 0.2) is 58.3 Å². The van der Waals surface area contributed by atoms with E-state index in [0.717, 1.165) is 15.9 Å². The van der Waals surface area contributed by atoms with E-state index < -0.39 is 25.0 Å². The summed E-state index contributed by atoms with van der Waals surface area (Å²) in [5.74, 6) is 0. The number of aryl methyl sites for hydroxylation is 1. The lowest BCUT2D eigenvalue weighted by atomic mass is 10.2. The van der Waals surface area contributed by atoms with Gasteiger partial charge in [-0.25, -0.2) is 16.8 Å².